The van der Waals surface area contributed by atoms with Crippen molar-refractivity contribution in [1.82, 2.24) is 0 Å². The summed E-state index contributed by atoms with van der Waals surface area (Å²) >= 11 is 0. The fraction of sp³-hybridized carbons (Fsp3) is 0.222. The summed E-state index contributed by atoms with van der Waals surface area (Å²) in [6, 6.07) is 5.81. The summed E-state index contributed by atoms with van der Waals surface area (Å²) in [7, 11) is -4.12. The van der Waals surface area contributed by atoms with E-state index in [1.807, 2.05) is 0 Å². The van der Waals surface area contributed by atoms with Crippen LogP contribution in [0.2, 0.25) is 0 Å². The molecule has 0 aliphatic carbocycles. The highest BCUT2D eigenvalue weighted by Crippen LogP contribution is 2.38. The number of rotatable bonds is 4. The Balaban J connectivity index is 2.73. The van der Waals surface area contributed by atoms with Crippen LogP contribution in [0.3, 0.4) is 0 Å². The zero-order valence-electron chi connectivity index (χ0n) is 9.00. The summed E-state index contributed by atoms with van der Waals surface area (Å²) in [6.07, 6.45) is -0.396. The number of nitrogens with one attached hydrogen (secondary N) is 2. The van der Waals surface area contributed by atoms with E-state index < -0.39 is 19.8 Å². The van der Waals surface area contributed by atoms with Crippen LogP contribution in [0.25, 0.3) is 0 Å². The van der Waals surface area contributed by atoms with E-state index in [1.54, 1.807) is 24.3 Å². The third-order valence-corrected chi connectivity index (χ3v) is 2.92. The third-order valence-electron chi connectivity index (χ3n) is 2.05. The number of guanidine groups is 1. The van der Waals surface area contributed by atoms with Gasteiger partial charge in [0.1, 0.15) is 0 Å². The predicted octanol–water partition coefficient (Wildman–Crippen LogP) is 0.169. The van der Waals surface area contributed by atoms with Gasteiger partial charge in [-0.15, -0.1) is 0 Å². The molecule has 0 amide bonds. The van der Waals surface area contributed by atoms with Gasteiger partial charge in [-0.1, -0.05) is 12.1 Å². The van der Waals surface area contributed by atoms with Crippen molar-refractivity contribution in [3.05, 3.63) is 29.8 Å². The van der Waals surface area contributed by atoms with Gasteiger partial charge in [0.15, 0.2) is 5.96 Å². The Bertz CT molecular complexity index is 442. The van der Waals surface area contributed by atoms with E-state index in [-0.39, 0.29) is 5.96 Å². The highest BCUT2D eigenvalue weighted by Gasteiger charge is 2.19. The molecule has 7 nitrogen and oxygen atoms in total. The molecule has 0 aromatic heterocycles. The summed E-state index contributed by atoms with van der Waals surface area (Å²) in [5.74, 6) is -0.183. The van der Waals surface area contributed by atoms with Gasteiger partial charge in [0.2, 0.25) is 0 Å². The van der Waals surface area contributed by atoms with Crippen molar-refractivity contribution in [3.63, 3.8) is 0 Å². The first-order valence-corrected chi connectivity index (χ1v) is 6.59. The fourth-order valence-corrected chi connectivity index (χ4v) is 2.05. The van der Waals surface area contributed by atoms with Gasteiger partial charge in [0.05, 0.1) is 6.16 Å². The van der Waals surface area contributed by atoms with E-state index in [1.165, 1.54) is 0 Å². The van der Waals surface area contributed by atoms with E-state index in [0.717, 1.165) is 0 Å². The van der Waals surface area contributed by atoms with Crippen LogP contribution >= 0.6 is 7.60 Å². The summed E-state index contributed by atoms with van der Waals surface area (Å²) in [5.41, 5.74) is 12.0. The lowest BCUT2D eigenvalue weighted by molar-refractivity contribution is 0.369. The fourth-order valence-electron chi connectivity index (χ4n) is 1.33. The Kier molecular flexibility index (Phi) is 4.25. The molecule has 0 saturated carbocycles. The quantitative estimate of drug-likeness (QED) is 0.258. The molecule has 1 aromatic carbocycles. The molecule has 17 heavy (non-hydrogen) atoms. The number of hydrogen-bond donors (Lipinski definition) is 6. The molecule has 0 saturated heterocycles. The SMILES string of the molecule is N=C(N)Nc1ccc(C(N)CP(=O)(O)O)cc1. The molecule has 1 unspecified atom stereocenters. The first-order valence-electron chi connectivity index (χ1n) is 4.79. The molecule has 0 radical (unpaired) electrons. The predicted molar refractivity (Wildman–Crippen MR) is 65.8 cm³/mol. The molecule has 8 N–H and O–H groups in total. The first-order chi connectivity index (χ1) is 7.78. The second kappa shape index (κ2) is 5.29. The molecule has 0 fully saturated rings. The Morgan fingerprint density at radius 2 is 1.94 bits per heavy atom. The normalized spacial score (nSPS) is 13.1. The molecule has 1 atom stereocenters. The zero-order chi connectivity index (χ0) is 13.1. The molecular weight excluding hydrogens is 243 g/mol. The minimum atomic E-state index is -4.12. The van der Waals surface area contributed by atoms with Crippen molar-refractivity contribution in [2.45, 2.75) is 6.04 Å². The van der Waals surface area contributed by atoms with Gasteiger partial charge >= 0.3 is 7.60 Å². The van der Waals surface area contributed by atoms with Crippen LogP contribution < -0.4 is 16.8 Å². The molecule has 0 spiro atoms. The van der Waals surface area contributed by atoms with Crippen molar-refractivity contribution >= 4 is 19.2 Å². The van der Waals surface area contributed by atoms with Crippen molar-refractivity contribution in [3.8, 4) is 0 Å². The lowest BCUT2D eigenvalue weighted by atomic mass is 10.1. The summed E-state index contributed by atoms with van der Waals surface area (Å²) in [5, 5.41) is 9.61. The molecule has 1 rings (SSSR count). The molecule has 8 heteroatoms. The van der Waals surface area contributed by atoms with E-state index in [4.69, 9.17) is 26.7 Å². The van der Waals surface area contributed by atoms with Crippen molar-refractivity contribution < 1.29 is 14.4 Å². The van der Waals surface area contributed by atoms with Crippen molar-refractivity contribution in [2.24, 2.45) is 11.5 Å². The van der Waals surface area contributed by atoms with Crippen LogP contribution in [0.5, 0.6) is 0 Å². The standard InChI is InChI=1S/C9H15N4O3P/c10-8(5-17(14,15)16)6-1-3-7(4-2-6)13-9(11)12/h1-4,8H,5,10H2,(H4,11,12,13)(H2,14,15,16). The van der Waals surface area contributed by atoms with E-state index in [0.29, 0.717) is 11.3 Å². The number of benzene rings is 1. The van der Waals surface area contributed by atoms with Gasteiger partial charge in [-0.3, -0.25) is 9.97 Å². The van der Waals surface area contributed by atoms with E-state index >= 15 is 0 Å². The summed E-state index contributed by atoms with van der Waals surface area (Å²) in [6.45, 7) is 0. The highest BCUT2D eigenvalue weighted by atomic mass is 31.2. The lowest BCUT2D eigenvalue weighted by Gasteiger charge is -2.13. The van der Waals surface area contributed by atoms with Crippen LogP contribution in [0.4, 0.5) is 5.69 Å². The molecule has 94 valence electrons. The minimum absolute atomic E-state index is 0.183. The van der Waals surface area contributed by atoms with Crippen LogP contribution in [0.15, 0.2) is 24.3 Å². The zero-order valence-corrected chi connectivity index (χ0v) is 9.89. The van der Waals surface area contributed by atoms with Crippen molar-refractivity contribution in [2.75, 3.05) is 11.5 Å². The van der Waals surface area contributed by atoms with Crippen LogP contribution in [-0.4, -0.2) is 21.9 Å². The van der Waals surface area contributed by atoms with Gasteiger partial charge < -0.3 is 26.6 Å². The second-order valence-electron chi connectivity index (χ2n) is 3.61. The molecule has 0 aliphatic rings. The first kappa shape index (κ1) is 13.7. The topological polar surface area (TPSA) is 145 Å². The molecule has 0 heterocycles. The van der Waals surface area contributed by atoms with Gasteiger partial charge in [-0.05, 0) is 17.7 Å². The second-order valence-corrected chi connectivity index (χ2v) is 5.31. The molecule has 0 aliphatic heterocycles. The van der Waals surface area contributed by atoms with Crippen LogP contribution in [-0.2, 0) is 4.57 Å². The monoisotopic (exact) mass is 258 g/mol. The Hall–Kier alpha value is -1.40. The molecule has 1 aromatic rings. The largest absolute Gasteiger partial charge is 0.370 e. The number of nitrogens with two attached hydrogens (primary N) is 2. The number of anilines is 1. The van der Waals surface area contributed by atoms with Crippen molar-refractivity contribution in [1.29, 1.82) is 5.41 Å². The van der Waals surface area contributed by atoms with Crippen LogP contribution in [0, 0.1) is 5.41 Å². The maximum absolute atomic E-state index is 10.8. The number of hydrogen-bond acceptors (Lipinski definition) is 3. The van der Waals surface area contributed by atoms with Gasteiger partial charge in [-0.25, -0.2) is 0 Å². The average Bonchev–Trinajstić information content (AvgIpc) is 2.15. The molecule has 0 bridgehead atoms. The minimum Gasteiger partial charge on any atom is -0.370 e. The van der Waals surface area contributed by atoms with Gasteiger partial charge in [-0.2, -0.15) is 0 Å². The lowest BCUT2D eigenvalue weighted by Crippen LogP contribution is -2.20. The Labute approximate surface area is 98.5 Å². The van der Waals surface area contributed by atoms with Gasteiger partial charge in [0.25, 0.3) is 0 Å². The Morgan fingerprint density at radius 1 is 1.41 bits per heavy atom. The van der Waals surface area contributed by atoms with E-state index in [9.17, 15) is 4.57 Å². The molecular formula is C9H15N4O3P. The summed E-state index contributed by atoms with van der Waals surface area (Å²) in [4.78, 5) is 17.6. The summed E-state index contributed by atoms with van der Waals surface area (Å²) < 4.78 is 10.8. The third kappa shape index (κ3) is 4.97. The maximum atomic E-state index is 10.8. The van der Waals surface area contributed by atoms with Gasteiger partial charge in [0, 0.05) is 11.7 Å². The smallest absolute Gasteiger partial charge is 0.327 e. The maximum Gasteiger partial charge on any atom is 0.327 e. The highest BCUT2D eigenvalue weighted by molar-refractivity contribution is 7.51. The average molecular weight is 258 g/mol. The Morgan fingerprint density at radius 3 is 2.35 bits per heavy atom. The van der Waals surface area contributed by atoms with E-state index in [2.05, 4.69) is 5.32 Å². The van der Waals surface area contributed by atoms with Crippen LogP contribution in [0.1, 0.15) is 11.6 Å².